The molecule has 0 radical (unpaired) electrons. The summed E-state index contributed by atoms with van der Waals surface area (Å²) in [5, 5.41) is 3.05. The van der Waals surface area contributed by atoms with Crippen molar-refractivity contribution in [3.8, 4) is 22.3 Å². The molecule has 0 spiro atoms. The Balaban J connectivity index is 1.26. The minimum Gasteiger partial charge on any atom is -0.326 e. The maximum absolute atomic E-state index is 12.5. The van der Waals surface area contributed by atoms with Crippen molar-refractivity contribution in [2.24, 2.45) is 0 Å². The van der Waals surface area contributed by atoms with E-state index in [9.17, 15) is 4.79 Å². The molecule has 2 nitrogen and oxygen atoms in total. The number of hydrogen-bond donors (Lipinski definition) is 1. The fraction of sp³-hybridized carbons (Fsp3) is 0.0741. The van der Waals surface area contributed by atoms with E-state index < -0.39 is 0 Å². The number of carbonyl (C=O) groups excluding carboxylic acids is 1. The highest BCUT2D eigenvalue weighted by Gasteiger charge is 2.18. The number of nitrogens with one attached hydrogen (secondary N) is 1. The molecule has 4 aromatic rings. The summed E-state index contributed by atoms with van der Waals surface area (Å²) in [6.07, 6.45) is 1.29. The lowest BCUT2D eigenvalue weighted by Crippen LogP contribution is -2.14. The number of fused-ring (bicyclic) bond motifs is 3. The van der Waals surface area contributed by atoms with E-state index in [2.05, 4.69) is 66.0 Å². The molecule has 0 saturated heterocycles. The normalized spacial score (nSPS) is 11.6. The van der Waals surface area contributed by atoms with Crippen LogP contribution < -0.4 is 5.32 Å². The fourth-order valence-electron chi connectivity index (χ4n) is 4.06. The molecule has 1 amide bonds. The molecule has 0 unspecified atom stereocenters. The second-order valence-electron chi connectivity index (χ2n) is 7.49. The number of rotatable bonds is 4. The first kappa shape index (κ1) is 17.4. The van der Waals surface area contributed by atoms with Crippen molar-refractivity contribution >= 4 is 11.6 Å². The van der Waals surface area contributed by atoms with Gasteiger partial charge >= 0.3 is 0 Å². The Bertz CT molecular complexity index is 1180. The summed E-state index contributed by atoms with van der Waals surface area (Å²) in [6, 6.07) is 33.2. The maximum atomic E-state index is 12.5. The highest BCUT2D eigenvalue weighted by atomic mass is 16.1. The average molecular weight is 375 g/mol. The van der Waals surface area contributed by atoms with Gasteiger partial charge in [0.1, 0.15) is 0 Å². The second-order valence-corrected chi connectivity index (χ2v) is 7.49. The van der Waals surface area contributed by atoms with Crippen LogP contribution in [0.4, 0.5) is 5.69 Å². The SMILES string of the molecule is O=C(Cc1ccc(-c2ccccc2)cc1)Nc1ccc2c(c1)Cc1ccccc1-2. The van der Waals surface area contributed by atoms with Crippen molar-refractivity contribution in [3.05, 3.63) is 114 Å². The molecule has 0 fully saturated rings. The van der Waals surface area contributed by atoms with Gasteiger partial charge in [0.25, 0.3) is 0 Å². The van der Waals surface area contributed by atoms with Crippen LogP contribution in [0.15, 0.2) is 97.1 Å². The maximum Gasteiger partial charge on any atom is 0.228 e. The summed E-state index contributed by atoms with van der Waals surface area (Å²) in [5.74, 6) is 0.00734. The van der Waals surface area contributed by atoms with Gasteiger partial charge in [-0.15, -0.1) is 0 Å². The lowest BCUT2D eigenvalue weighted by Gasteiger charge is -2.09. The Morgan fingerprint density at radius 1 is 0.690 bits per heavy atom. The van der Waals surface area contributed by atoms with Crippen LogP contribution in [-0.2, 0) is 17.6 Å². The van der Waals surface area contributed by atoms with Crippen LogP contribution in [0.25, 0.3) is 22.3 Å². The van der Waals surface area contributed by atoms with Crippen molar-refractivity contribution < 1.29 is 4.79 Å². The van der Waals surface area contributed by atoms with Crippen LogP contribution in [0.3, 0.4) is 0 Å². The van der Waals surface area contributed by atoms with Gasteiger partial charge in [-0.25, -0.2) is 0 Å². The molecule has 4 aromatic carbocycles. The Morgan fingerprint density at radius 3 is 2.21 bits per heavy atom. The van der Waals surface area contributed by atoms with E-state index in [-0.39, 0.29) is 5.91 Å². The molecule has 29 heavy (non-hydrogen) atoms. The third-order valence-corrected chi connectivity index (χ3v) is 5.50. The zero-order chi connectivity index (χ0) is 19.6. The molecular formula is C27H21NO. The molecule has 2 heteroatoms. The van der Waals surface area contributed by atoms with Gasteiger partial charge in [0.15, 0.2) is 0 Å². The molecule has 0 aliphatic heterocycles. The largest absolute Gasteiger partial charge is 0.326 e. The van der Waals surface area contributed by atoms with Crippen molar-refractivity contribution in [1.29, 1.82) is 0 Å². The Hall–Kier alpha value is -3.65. The van der Waals surface area contributed by atoms with Gasteiger partial charge in [0.2, 0.25) is 5.91 Å². The quantitative estimate of drug-likeness (QED) is 0.404. The summed E-state index contributed by atoms with van der Waals surface area (Å²) >= 11 is 0. The van der Waals surface area contributed by atoms with E-state index in [1.165, 1.54) is 27.8 Å². The minimum atomic E-state index is 0.00734. The molecule has 1 N–H and O–H groups in total. The van der Waals surface area contributed by atoms with E-state index in [4.69, 9.17) is 0 Å². The summed E-state index contributed by atoms with van der Waals surface area (Å²) < 4.78 is 0. The van der Waals surface area contributed by atoms with Crippen LogP contribution in [0.2, 0.25) is 0 Å². The Morgan fingerprint density at radius 2 is 1.38 bits per heavy atom. The second kappa shape index (κ2) is 7.40. The number of carbonyl (C=O) groups is 1. The van der Waals surface area contributed by atoms with E-state index >= 15 is 0 Å². The van der Waals surface area contributed by atoms with Crippen LogP contribution in [-0.4, -0.2) is 5.91 Å². The van der Waals surface area contributed by atoms with Gasteiger partial charge in [-0.05, 0) is 57.5 Å². The van der Waals surface area contributed by atoms with Crippen LogP contribution in [0.1, 0.15) is 16.7 Å². The molecule has 1 aliphatic rings. The monoisotopic (exact) mass is 375 g/mol. The standard InChI is InChI=1S/C27H21NO/c29-27(16-19-10-12-21(13-11-19)20-6-2-1-3-7-20)28-24-14-15-26-23(18-24)17-22-8-4-5-9-25(22)26/h1-15,18H,16-17H2,(H,28,29). The predicted octanol–water partition coefficient (Wildman–Crippen LogP) is 6.11. The highest BCUT2D eigenvalue weighted by molar-refractivity contribution is 5.93. The Labute approximate surface area is 170 Å². The van der Waals surface area contributed by atoms with E-state index in [0.29, 0.717) is 6.42 Å². The van der Waals surface area contributed by atoms with Crippen LogP contribution in [0.5, 0.6) is 0 Å². The van der Waals surface area contributed by atoms with Crippen LogP contribution in [0, 0.1) is 0 Å². The van der Waals surface area contributed by atoms with Gasteiger partial charge < -0.3 is 5.32 Å². The number of amides is 1. The van der Waals surface area contributed by atoms with Crippen molar-refractivity contribution in [3.63, 3.8) is 0 Å². The number of hydrogen-bond acceptors (Lipinski definition) is 1. The molecule has 1 aliphatic carbocycles. The molecule has 140 valence electrons. The molecule has 0 atom stereocenters. The van der Waals surface area contributed by atoms with Crippen molar-refractivity contribution in [2.45, 2.75) is 12.8 Å². The van der Waals surface area contributed by atoms with Gasteiger partial charge in [0.05, 0.1) is 6.42 Å². The summed E-state index contributed by atoms with van der Waals surface area (Å²) in [6.45, 7) is 0. The molecule has 0 saturated carbocycles. The van der Waals surface area contributed by atoms with Gasteiger partial charge in [-0.3, -0.25) is 4.79 Å². The van der Waals surface area contributed by atoms with Gasteiger partial charge in [0, 0.05) is 5.69 Å². The zero-order valence-electron chi connectivity index (χ0n) is 16.1. The van der Waals surface area contributed by atoms with Gasteiger partial charge in [-0.2, -0.15) is 0 Å². The first-order chi connectivity index (χ1) is 14.3. The first-order valence-electron chi connectivity index (χ1n) is 9.92. The average Bonchev–Trinajstić information content (AvgIpc) is 3.12. The van der Waals surface area contributed by atoms with Crippen molar-refractivity contribution in [2.75, 3.05) is 5.32 Å². The molecule has 0 aromatic heterocycles. The van der Waals surface area contributed by atoms with E-state index in [1.54, 1.807) is 0 Å². The summed E-state index contributed by atoms with van der Waals surface area (Å²) in [4.78, 5) is 12.5. The molecule has 0 heterocycles. The highest BCUT2D eigenvalue weighted by Crippen LogP contribution is 2.37. The third-order valence-electron chi connectivity index (χ3n) is 5.50. The fourth-order valence-corrected chi connectivity index (χ4v) is 4.06. The molecular weight excluding hydrogens is 354 g/mol. The van der Waals surface area contributed by atoms with E-state index in [0.717, 1.165) is 23.2 Å². The zero-order valence-corrected chi connectivity index (χ0v) is 16.1. The predicted molar refractivity (Wildman–Crippen MR) is 119 cm³/mol. The summed E-state index contributed by atoms with van der Waals surface area (Å²) in [7, 11) is 0. The minimum absolute atomic E-state index is 0.00734. The number of anilines is 1. The lowest BCUT2D eigenvalue weighted by molar-refractivity contribution is -0.115. The molecule has 0 bridgehead atoms. The summed E-state index contributed by atoms with van der Waals surface area (Å²) in [5.41, 5.74) is 9.42. The third kappa shape index (κ3) is 3.57. The van der Waals surface area contributed by atoms with Gasteiger partial charge in [-0.1, -0.05) is 84.9 Å². The first-order valence-corrected chi connectivity index (χ1v) is 9.92. The van der Waals surface area contributed by atoms with Crippen molar-refractivity contribution in [1.82, 2.24) is 0 Å². The Kier molecular flexibility index (Phi) is 4.45. The smallest absolute Gasteiger partial charge is 0.228 e. The topological polar surface area (TPSA) is 29.1 Å². The van der Waals surface area contributed by atoms with Crippen LogP contribution >= 0.6 is 0 Å². The lowest BCUT2D eigenvalue weighted by atomic mass is 10.0. The molecule has 5 rings (SSSR count). The number of benzene rings is 4. The van der Waals surface area contributed by atoms with E-state index in [1.807, 2.05) is 36.4 Å².